The van der Waals surface area contributed by atoms with Crippen molar-refractivity contribution in [2.24, 2.45) is 0 Å². The van der Waals surface area contributed by atoms with Gasteiger partial charge in [0.15, 0.2) is 0 Å². The second kappa shape index (κ2) is 56.9. The minimum absolute atomic E-state index is 0.00880. The van der Waals surface area contributed by atoms with Crippen LogP contribution in [0, 0.1) is 0 Å². The van der Waals surface area contributed by atoms with E-state index < -0.39 is 12.1 Å². The van der Waals surface area contributed by atoms with Gasteiger partial charge in [0.25, 0.3) is 0 Å². The molecule has 396 valence electrons. The maximum Gasteiger partial charge on any atom is 0.305 e. The van der Waals surface area contributed by atoms with Gasteiger partial charge in [-0.15, -0.1) is 0 Å². The van der Waals surface area contributed by atoms with E-state index in [-0.39, 0.29) is 18.5 Å². The van der Waals surface area contributed by atoms with E-state index in [0.717, 1.165) is 51.4 Å². The molecule has 0 saturated heterocycles. The van der Waals surface area contributed by atoms with Crippen LogP contribution in [0.1, 0.15) is 328 Å². The predicted octanol–water partition coefficient (Wildman–Crippen LogP) is 18.6. The van der Waals surface area contributed by atoms with Crippen LogP contribution in [0.4, 0.5) is 0 Å². The quantitative estimate of drug-likeness (QED) is 0.0321. The maximum absolute atomic E-state index is 12.5. The number of aliphatic hydroxyl groups is 2. The van der Waals surface area contributed by atoms with E-state index in [1.807, 2.05) is 0 Å². The number of rotatable bonds is 56. The van der Waals surface area contributed by atoms with Crippen molar-refractivity contribution in [3.8, 4) is 0 Å². The molecule has 0 aromatic carbocycles. The molecule has 0 rings (SSSR count). The first-order valence-corrected chi connectivity index (χ1v) is 30.1. The summed E-state index contributed by atoms with van der Waals surface area (Å²) in [6, 6.07) is -0.548. The fourth-order valence-electron chi connectivity index (χ4n) is 9.38. The minimum Gasteiger partial charge on any atom is -0.466 e. The first-order valence-electron chi connectivity index (χ1n) is 30.1. The topological polar surface area (TPSA) is 95.9 Å². The highest BCUT2D eigenvalue weighted by molar-refractivity contribution is 5.76. The number of unbranched alkanes of at least 4 members (excludes halogenated alkanes) is 41. The van der Waals surface area contributed by atoms with Crippen molar-refractivity contribution in [2.45, 2.75) is 341 Å². The molecule has 0 spiro atoms. The Morgan fingerprint density at radius 3 is 1.13 bits per heavy atom. The smallest absolute Gasteiger partial charge is 0.305 e. The van der Waals surface area contributed by atoms with Crippen LogP contribution in [0.15, 0.2) is 24.3 Å². The third-order valence-corrected chi connectivity index (χ3v) is 14.0. The number of hydrogen-bond donors (Lipinski definition) is 3. The van der Waals surface area contributed by atoms with Gasteiger partial charge in [0.1, 0.15) is 0 Å². The van der Waals surface area contributed by atoms with Gasteiger partial charge in [-0.2, -0.15) is 0 Å². The van der Waals surface area contributed by atoms with Gasteiger partial charge < -0.3 is 20.3 Å². The Kier molecular flexibility index (Phi) is 55.5. The van der Waals surface area contributed by atoms with Crippen molar-refractivity contribution in [1.29, 1.82) is 0 Å². The molecule has 0 aliphatic heterocycles. The standard InChI is InChI=1S/C61H117NO5/c1-3-5-7-9-11-13-15-17-30-33-37-41-45-49-53-59(64)58(57-63)62-60(65)54-50-46-42-38-34-31-27-25-23-21-19-18-20-22-24-26-28-32-36-40-44-48-52-56-67-61(66)55-51-47-43-39-35-29-16-14-12-10-8-6-4-2/h18,20-21,23,58-59,63-64H,3-17,19,22,24-57H2,1-2H3,(H,62,65)/b20-18-,23-21-. The Labute approximate surface area is 418 Å². The third-order valence-electron chi connectivity index (χ3n) is 14.0. The summed E-state index contributed by atoms with van der Waals surface area (Å²) < 4.78 is 5.47. The molecule has 67 heavy (non-hydrogen) atoms. The van der Waals surface area contributed by atoms with Gasteiger partial charge in [0.05, 0.1) is 25.4 Å². The molecule has 2 atom stereocenters. The van der Waals surface area contributed by atoms with Crippen molar-refractivity contribution in [3.05, 3.63) is 24.3 Å². The molecule has 0 aromatic heterocycles. The average molecular weight is 945 g/mol. The summed E-state index contributed by atoms with van der Waals surface area (Å²) in [6.07, 6.45) is 68.9. The van der Waals surface area contributed by atoms with Gasteiger partial charge in [-0.3, -0.25) is 9.59 Å². The average Bonchev–Trinajstić information content (AvgIpc) is 3.33. The second-order valence-corrected chi connectivity index (χ2v) is 20.7. The highest BCUT2D eigenvalue weighted by Crippen LogP contribution is 2.17. The zero-order chi connectivity index (χ0) is 48.6. The first-order chi connectivity index (χ1) is 33.0. The molecule has 0 aliphatic rings. The highest BCUT2D eigenvalue weighted by Gasteiger charge is 2.20. The number of ether oxygens (including phenoxy) is 1. The molecule has 6 heteroatoms. The van der Waals surface area contributed by atoms with Crippen molar-refractivity contribution in [1.82, 2.24) is 5.32 Å². The van der Waals surface area contributed by atoms with Gasteiger partial charge in [0.2, 0.25) is 5.91 Å². The lowest BCUT2D eigenvalue weighted by Crippen LogP contribution is -2.45. The monoisotopic (exact) mass is 944 g/mol. The normalized spacial score (nSPS) is 12.7. The lowest BCUT2D eigenvalue weighted by atomic mass is 10.0. The summed E-state index contributed by atoms with van der Waals surface area (Å²) >= 11 is 0. The van der Waals surface area contributed by atoms with E-state index in [0.29, 0.717) is 25.9 Å². The molecule has 0 radical (unpaired) electrons. The largest absolute Gasteiger partial charge is 0.466 e. The van der Waals surface area contributed by atoms with E-state index >= 15 is 0 Å². The number of nitrogens with one attached hydrogen (secondary N) is 1. The zero-order valence-electron chi connectivity index (χ0n) is 45.1. The van der Waals surface area contributed by atoms with Gasteiger partial charge >= 0.3 is 5.97 Å². The molecular weight excluding hydrogens is 827 g/mol. The van der Waals surface area contributed by atoms with E-state index in [1.54, 1.807) is 0 Å². The van der Waals surface area contributed by atoms with Gasteiger partial charge in [-0.05, 0) is 57.8 Å². The van der Waals surface area contributed by atoms with Crippen molar-refractivity contribution in [3.63, 3.8) is 0 Å². The van der Waals surface area contributed by atoms with Crippen LogP contribution < -0.4 is 5.32 Å². The molecule has 6 nitrogen and oxygen atoms in total. The molecule has 0 fully saturated rings. The molecule has 0 aliphatic carbocycles. The number of esters is 1. The number of allylic oxidation sites excluding steroid dienone is 4. The molecule has 0 saturated carbocycles. The van der Waals surface area contributed by atoms with Crippen molar-refractivity contribution < 1.29 is 24.5 Å². The summed E-state index contributed by atoms with van der Waals surface area (Å²) in [7, 11) is 0. The zero-order valence-corrected chi connectivity index (χ0v) is 45.1. The van der Waals surface area contributed by atoms with E-state index in [1.165, 1.54) is 244 Å². The maximum atomic E-state index is 12.5. The van der Waals surface area contributed by atoms with E-state index in [4.69, 9.17) is 4.74 Å². The van der Waals surface area contributed by atoms with Gasteiger partial charge in [-0.1, -0.05) is 282 Å². The van der Waals surface area contributed by atoms with Crippen LogP contribution in [-0.2, 0) is 14.3 Å². The number of amides is 1. The SMILES string of the molecule is CCCCCCCCCCCCCCCCC(O)C(CO)NC(=O)CCCCCCCCC/C=C\C/C=C\CCCCCCCCCCCOC(=O)CCCCCCCCCCCCCCC. The van der Waals surface area contributed by atoms with Crippen LogP contribution >= 0.6 is 0 Å². The Morgan fingerprint density at radius 1 is 0.418 bits per heavy atom. The van der Waals surface area contributed by atoms with Crippen LogP contribution in [0.3, 0.4) is 0 Å². The molecular formula is C61H117NO5. The molecule has 1 amide bonds. The fourth-order valence-corrected chi connectivity index (χ4v) is 9.38. The second-order valence-electron chi connectivity index (χ2n) is 20.7. The minimum atomic E-state index is -0.670. The summed E-state index contributed by atoms with van der Waals surface area (Å²) in [4.78, 5) is 24.5. The Balaban J connectivity index is 3.44. The predicted molar refractivity (Wildman–Crippen MR) is 292 cm³/mol. The molecule has 0 aromatic rings. The van der Waals surface area contributed by atoms with E-state index in [2.05, 4.69) is 43.5 Å². The van der Waals surface area contributed by atoms with Gasteiger partial charge in [-0.25, -0.2) is 0 Å². The van der Waals surface area contributed by atoms with Crippen LogP contribution in [0.2, 0.25) is 0 Å². The summed E-state index contributed by atoms with van der Waals surface area (Å²) in [6.45, 7) is 4.96. The number of aliphatic hydroxyl groups excluding tert-OH is 2. The number of carbonyl (C=O) groups is 2. The summed E-state index contributed by atoms with van der Waals surface area (Å²) in [5, 5.41) is 23.2. The Bertz CT molecular complexity index is 1040. The van der Waals surface area contributed by atoms with Crippen LogP contribution in [0.5, 0.6) is 0 Å². The third kappa shape index (κ3) is 53.5. The lowest BCUT2D eigenvalue weighted by Gasteiger charge is -2.22. The number of hydrogen-bond acceptors (Lipinski definition) is 5. The highest BCUT2D eigenvalue weighted by atomic mass is 16.5. The summed E-state index contributed by atoms with van der Waals surface area (Å²) in [5.41, 5.74) is 0. The molecule has 3 N–H and O–H groups in total. The fraction of sp³-hybridized carbons (Fsp3) is 0.902. The lowest BCUT2D eigenvalue weighted by molar-refractivity contribution is -0.143. The summed E-state index contributed by atoms with van der Waals surface area (Å²) in [5.74, 6) is -0.0354. The molecule has 2 unspecified atom stereocenters. The first kappa shape index (κ1) is 65.3. The Hall–Kier alpha value is -1.66. The number of carbonyl (C=O) groups excluding carboxylic acids is 2. The van der Waals surface area contributed by atoms with E-state index in [9.17, 15) is 19.8 Å². The van der Waals surface area contributed by atoms with Crippen molar-refractivity contribution in [2.75, 3.05) is 13.2 Å². The van der Waals surface area contributed by atoms with Crippen LogP contribution in [-0.4, -0.2) is 47.4 Å². The Morgan fingerprint density at radius 2 is 0.746 bits per heavy atom. The van der Waals surface area contributed by atoms with Gasteiger partial charge in [0, 0.05) is 12.8 Å². The van der Waals surface area contributed by atoms with Crippen molar-refractivity contribution >= 4 is 11.9 Å². The molecule has 0 bridgehead atoms. The van der Waals surface area contributed by atoms with Crippen LogP contribution in [0.25, 0.3) is 0 Å². The molecule has 0 heterocycles.